The van der Waals surface area contributed by atoms with Gasteiger partial charge in [0.25, 0.3) is 5.91 Å². The first-order valence-electron chi connectivity index (χ1n) is 9.96. The number of hydrogen-bond donors (Lipinski definition) is 2. The molecular weight excluding hydrogens is 366 g/mol. The van der Waals surface area contributed by atoms with Crippen molar-refractivity contribution in [2.75, 3.05) is 11.9 Å². The van der Waals surface area contributed by atoms with E-state index in [0.29, 0.717) is 23.0 Å². The Labute approximate surface area is 168 Å². The highest BCUT2D eigenvalue weighted by atomic mass is 16.5. The normalized spacial score (nSPS) is 17.4. The van der Waals surface area contributed by atoms with Crippen LogP contribution in [0.25, 0.3) is 21.9 Å². The Morgan fingerprint density at radius 2 is 2.24 bits per heavy atom. The second-order valence-corrected chi connectivity index (χ2v) is 7.85. The first-order chi connectivity index (χ1) is 14.1. The number of H-pyrrole nitrogens is 1. The summed E-state index contributed by atoms with van der Waals surface area (Å²) in [5.41, 5.74) is 4.13. The third-order valence-corrected chi connectivity index (χ3v) is 5.78. The average Bonchev–Trinajstić information content (AvgIpc) is 3.41. The van der Waals surface area contributed by atoms with Crippen molar-refractivity contribution in [3.05, 3.63) is 53.5 Å². The fourth-order valence-electron chi connectivity index (χ4n) is 4.07. The lowest BCUT2D eigenvalue weighted by atomic mass is 10.1. The van der Waals surface area contributed by atoms with Crippen molar-refractivity contribution in [1.29, 1.82) is 0 Å². The van der Waals surface area contributed by atoms with Gasteiger partial charge in [-0.15, -0.1) is 0 Å². The van der Waals surface area contributed by atoms with Gasteiger partial charge in [-0.25, -0.2) is 4.98 Å². The molecule has 0 aliphatic carbocycles. The first-order valence-corrected chi connectivity index (χ1v) is 9.96. The van der Waals surface area contributed by atoms with Crippen LogP contribution < -0.4 is 5.32 Å². The fourth-order valence-corrected chi connectivity index (χ4v) is 4.07. The molecule has 29 heavy (non-hydrogen) atoms. The number of rotatable bonds is 4. The van der Waals surface area contributed by atoms with Crippen LogP contribution in [0.2, 0.25) is 0 Å². The molecule has 0 spiro atoms. The third kappa shape index (κ3) is 3.38. The predicted octanol–water partition coefficient (Wildman–Crippen LogP) is 4.25. The lowest BCUT2D eigenvalue weighted by molar-refractivity contribution is 0.102. The van der Waals surface area contributed by atoms with Gasteiger partial charge in [0.1, 0.15) is 5.82 Å². The zero-order valence-corrected chi connectivity index (χ0v) is 16.5. The molecule has 4 aromatic rings. The second kappa shape index (κ2) is 7.00. The molecule has 0 unspecified atom stereocenters. The lowest BCUT2D eigenvalue weighted by Gasteiger charge is -2.19. The van der Waals surface area contributed by atoms with E-state index in [-0.39, 0.29) is 5.91 Å². The van der Waals surface area contributed by atoms with Crippen molar-refractivity contribution < 1.29 is 9.32 Å². The molecule has 1 fully saturated rings. The average molecular weight is 389 g/mol. The van der Waals surface area contributed by atoms with Crippen molar-refractivity contribution >= 4 is 33.6 Å². The summed E-state index contributed by atoms with van der Waals surface area (Å²) in [5, 5.41) is 8.70. The van der Waals surface area contributed by atoms with E-state index in [0.717, 1.165) is 35.1 Å². The molecular formula is C22H23N5O2. The highest BCUT2D eigenvalue weighted by Gasteiger charge is 2.20. The molecule has 1 aliphatic rings. The number of fused-ring (bicyclic) bond motifs is 2. The minimum Gasteiger partial charge on any atom is -0.357 e. The summed E-state index contributed by atoms with van der Waals surface area (Å²) in [6.45, 7) is 6.19. The molecule has 7 heteroatoms. The SMILES string of the molecule is Cc1noc2ccc(C(=O)Nc3cc4[nH]c(CN5CCC[C@@H]5C)cc4cn3)cc12. The molecule has 0 radical (unpaired) electrons. The fraction of sp³-hybridized carbons (Fsp3) is 0.318. The van der Waals surface area contributed by atoms with Crippen LogP contribution in [0.4, 0.5) is 5.82 Å². The van der Waals surface area contributed by atoms with Gasteiger partial charge < -0.3 is 14.8 Å². The molecule has 0 saturated carbocycles. The van der Waals surface area contributed by atoms with Crippen molar-refractivity contribution in [2.45, 2.75) is 39.3 Å². The predicted molar refractivity (Wildman–Crippen MR) is 112 cm³/mol. The highest BCUT2D eigenvalue weighted by molar-refractivity contribution is 6.06. The van der Waals surface area contributed by atoms with Gasteiger partial charge in [0.2, 0.25) is 0 Å². The van der Waals surface area contributed by atoms with Gasteiger partial charge in [-0.3, -0.25) is 9.69 Å². The van der Waals surface area contributed by atoms with E-state index in [1.54, 1.807) is 24.4 Å². The van der Waals surface area contributed by atoms with Gasteiger partial charge >= 0.3 is 0 Å². The molecule has 1 aromatic carbocycles. The topological polar surface area (TPSA) is 87.0 Å². The number of benzene rings is 1. The molecule has 3 aromatic heterocycles. The number of anilines is 1. The first kappa shape index (κ1) is 17.9. The molecule has 1 saturated heterocycles. The lowest BCUT2D eigenvalue weighted by Crippen LogP contribution is -2.26. The van der Waals surface area contributed by atoms with E-state index in [1.807, 2.05) is 13.0 Å². The van der Waals surface area contributed by atoms with Gasteiger partial charge in [-0.05, 0) is 57.5 Å². The van der Waals surface area contributed by atoms with Crippen molar-refractivity contribution in [3.8, 4) is 0 Å². The Balaban J connectivity index is 1.35. The largest absolute Gasteiger partial charge is 0.357 e. The molecule has 1 amide bonds. The van der Waals surface area contributed by atoms with Gasteiger partial charge in [-0.2, -0.15) is 0 Å². The number of carbonyl (C=O) groups excluding carboxylic acids is 1. The summed E-state index contributed by atoms with van der Waals surface area (Å²) in [6.07, 6.45) is 4.32. The summed E-state index contributed by atoms with van der Waals surface area (Å²) >= 11 is 0. The van der Waals surface area contributed by atoms with E-state index in [9.17, 15) is 4.79 Å². The Kier molecular flexibility index (Phi) is 4.32. The van der Waals surface area contributed by atoms with E-state index < -0.39 is 0 Å². The smallest absolute Gasteiger partial charge is 0.256 e. The van der Waals surface area contributed by atoms with Crippen molar-refractivity contribution in [1.82, 2.24) is 20.0 Å². The molecule has 2 N–H and O–H groups in total. The van der Waals surface area contributed by atoms with Crippen molar-refractivity contribution in [3.63, 3.8) is 0 Å². The number of hydrogen-bond acceptors (Lipinski definition) is 5. The Morgan fingerprint density at radius 1 is 1.34 bits per heavy atom. The zero-order valence-electron chi connectivity index (χ0n) is 16.5. The summed E-state index contributed by atoms with van der Waals surface area (Å²) in [6, 6.07) is 9.93. The number of likely N-dealkylation sites (tertiary alicyclic amines) is 1. The number of aromatic amines is 1. The molecule has 1 atom stereocenters. The monoisotopic (exact) mass is 389 g/mol. The number of nitrogens with one attached hydrogen (secondary N) is 2. The Morgan fingerprint density at radius 3 is 3.07 bits per heavy atom. The maximum atomic E-state index is 12.7. The van der Waals surface area contributed by atoms with Crippen LogP contribution in [0.15, 0.2) is 41.1 Å². The molecule has 7 nitrogen and oxygen atoms in total. The maximum Gasteiger partial charge on any atom is 0.256 e. The summed E-state index contributed by atoms with van der Waals surface area (Å²) in [7, 11) is 0. The molecule has 0 bridgehead atoms. The summed E-state index contributed by atoms with van der Waals surface area (Å²) in [4.78, 5) is 23.0. The molecule has 1 aliphatic heterocycles. The van der Waals surface area contributed by atoms with Crippen LogP contribution in [0.5, 0.6) is 0 Å². The van der Waals surface area contributed by atoms with E-state index in [2.05, 4.69) is 38.3 Å². The van der Waals surface area contributed by atoms with Crippen LogP contribution in [0.1, 0.15) is 41.5 Å². The standard InChI is InChI=1S/C22H23N5O2/c1-13-4-3-7-27(13)12-17-8-16-11-23-21(10-19(16)24-17)25-22(28)15-5-6-20-18(9-15)14(2)26-29-20/h5-6,8-11,13,24H,3-4,7,12H2,1-2H3,(H,23,25,28)/t13-/m0/s1. The van der Waals surface area contributed by atoms with Gasteiger partial charge in [-0.1, -0.05) is 5.16 Å². The van der Waals surface area contributed by atoms with E-state index in [4.69, 9.17) is 4.52 Å². The molecule has 148 valence electrons. The van der Waals surface area contributed by atoms with E-state index in [1.165, 1.54) is 18.5 Å². The van der Waals surface area contributed by atoms with Crippen molar-refractivity contribution in [2.24, 2.45) is 0 Å². The number of nitrogens with zero attached hydrogens (tertiary/aromatic N) is 3. The van der Waals surface area contributed by atoms with Crippen LogP contribution in [-0.4, -0.2) is 38.5 Å². The van der Waals surface area contributed by atoms with E-state index >= 15 is 0 Å². The third-order valence-electron chi connectivity index (χ3n) is 5.78. The minimum absolute atomic E-state index is 0.211. The Bertz CT molecular complexity index is 1210. The molecule has 5 rings (SSSR count). The van der Waals surface area contributed by atoms with Crippen LogP contribution in [0.3, 0.4) is 0 Å². The highest BCUT2D eigenvalue weighted by Crippen LogP contribution is 2.24. The molecule has 4 heterocycles. The van der Waals surface area contributed by atoms with Gasteiger partial charge in [0.15, 0.2) is 5.58 Å². The number of carbonyl (C=O) groups is 1. The minimum atomic E-state index is -0.211. The van der Waals surface area contributed by atoms with Crippen LogP contribution in [0, 0.1) is 6.92 Å². The Hall–Kier alpha value is -3.19. The second-order valence-electron chi connectivity index (χ2n) is 7.85. The number of pyridine rings is 1. The number of aromatic nitrogens is 3. The number of amides is 1. The van der Waals surface area contributed by atoms with Crippen LogP contribution >= 0.6 is 0 Å². The number of aryl methyl sites for hydroxylation is 1. The zero-order chi connectivity index (χ0) is 20.0. The summed E-state index contributed by atoms with van der Waals surface area (Å²) in [5.74, 6) is 0.310. The quantitative estimate of drug-likeness (QED) is 0.545. The van der Waals surface area contributed by atoms with Gasteiger partial charge in [0.05, 0.1) is 11.2 Å². The van der Waals surface area contributed by atoms with Crippen LogP contribution in [-0.2, 0) is 6.54 Å². The van der Waals surface area contributed by atoms with Gasteiger partial charge in [0, 0.05) is 46.9 Å². The maximum absolute atomic E-state index is 12.7. The summed E-state index contributed by atoms with van der Waals surface area (Å²) < 4.78 is 5.20.